The van der Waals surface area contributed by atoms with Crippen LogP contribution in [0, 0.1) is 6.92 Å². The van der Waals surface area contributed by atoms with Gasteiger partial charge in [0.05, 0.1) is 16.6 Å². The molecule has 27 heavy (non-hydrogen) atoms. The number of nitrogens with zero attached hydrogens (tertiary/aromatic N) is 3. The zero-order chi connectivity index (χ0) is 19.9. The number of pyridine rings is 1. The summed E-state index contributed by atoms with van der Waals surface area (Å²) in [5, 5.41) is 1.86. The molecule has 0 bridgehead atoms. The van der Waals surface area contributed by atoms with Crippen molar-refractivity contribution in [3.05, 3.63) is 33.9 Å². The number of hydrogen-bond acceptors (Lipinski definition) is 4. The van der Waals surface area contributed by atoms with E-state index in [0.717, 1.165) is 41.7 Å². The molecule has 0 N–H and O–H groups in total. The first-order chi connectivity index (χ1) is 12.5. The number of benzene rings is 1. The number of amides is 1. The van der Waals surface area contributed by atoms with E-state index in [1.165, 1.54) is 0 Å². The molecule has 146 valence electrons. The summed E-state index contributed by atoms with van der Waals surface area (Å²) in [6, 6.07) is 5.83. The zero-order valence-electron chi connectivity index (χ0n) is 16.3. The van der Waals surface area contributed by atoms with Gasteiger partial charge < -0.3 is 14.5 Å². The third-order valence-corrected chi connectivity index (χ3v) is 5.28. The minimum atomic E-state index is -0.496. The van der Waals surface area contributed by atoms with Crippen LogP contribution in [0.15, 0.2) is 18.2 Å². The Kier molecular flexibility index (Phi) is 5.46. The third kappa shape index (κ3) is 4.41. The summed E-state index contributed by atoms with van der Waals surface area (Å²) in [5.74, 6) is 0. The predicted molar refractivity (Wildman–Crippen MR) is 111 cm³/mol. The fourth-order valence-electron chi connectivity index (χ4n) is 3.40. The van der Waals surface area contributed by atoms with Crippen molar-refractivity contribution in [2.45, 2.75) is 45.8 Å². The molecule has 1 aliphatic rings. The largest absolute Gasteiger partial charge is 0.444 e. The van der Waals surface area contributed by atoms with Gasteiger partial charge in [0.2, 0.25) is 0 Å². The second kappa shape index (κ2) is 7.36. The normalized spacial score (nSPS) is 17.4. The van der Waals surface area contributed by atoms with Crippen LogP contribution in [-0.4, -0.2) is 47.8 Å². The molecule has 7 heteroatoms. The molecule has 1 saturated heterocycles. The van der Waals surface area contributed by atoms with Crippen LogP contribution in [0.5, 0.6) is 0 Å². The van der Waals surface area contributed by atoms with Crippen molar-refractivity contribution < 1.29 is 9.53 Å². The molecule has 0 saturated carbocycles. The van der Waals surface area contributed by atoms with Gasteiger partial charge in [0.25, 0.3) is 0 Å². The highest BCUT2D eigenvalue weighted by Crippen LogP contribution is 2.33. The van der Waals surface area contributed by atoms with E-state index >= 15 is 0 Å². The van der Waals surface area contributed by atoms with Crippen molar-refractivity contribution in [2.75, 3.05) is 25.0 Å². The molecule has 1 aromatic heterocycles. The predicted octanol–water partition coefficient (Wildman–Crippen LogP) is 5.30. The topological polar surface area (TPSA) is 45.7 Å². The molecule has 1 atom stereocenters. The standard InChI is InChI=1S/C20H25Cl2N3O2/c1-12-8-16-14(15(21)10-18(22)23-16)9-17(12)25-7-6-13(11-25)24(5)19(26)27-20(2,3)4/h8-10,13H,6-7,11H2,1-5H3. The lowest BCUT2D eigenvalue weighted by Gasteiger charge is -2.29. The van der Waals surface area contributed by atoms with E-state index < -0.39 is 5.60 Å². The van der Waals surface area contributed by atoms with Gasteiger partial charge in [0.15, 0.2) is 0 Å². The van der Waals surface area contributed by atoms with E-state index in [9.17, 15) is 4.79 Å². The van der Waals surface area contributed by atoms with E-state index in [4.69, 9.17) is 27.9 Å². The van der Waals surface area contributed by atoms with Gasteiger partial charge in [-0.25, -0.2) is 9.78 Å². The fourth-order valence-corrected chi connectivity index (χ4v) is 3.91. The Morgan fingerprint density at radius 3 is 2.67 bits per heavy atom. The van der Waals surface area contributed by atoms with E-state index in [1.807, 2.05) is 26.8 Å². The first-order valence-electron chi connectivity index (χ1n) is 9.02. The smallest absolute Gasteiger partial charge is 0.410 e. The van der Waals surface area contributed by atoms with Gasteiger partial charge in [0.1, 0.15) is 10.8 Å². The second-order valence-electron chi connectivity index (χ2n) is 8.06. The van der Waals surface area contributed by atoms with Crippen LogP contribution in [-0.2, 0) is 4.74 Å². The molecule has 1 aromatic carbocycles. The average molecular weight is 410 g/mol. The number of halogens is 2. The van der Waals surface area contributed by atoms with Crippen LogP contribution in [0.4, 0.5) is 10.5 Å². The molecule has 2 heterocycles. The number of anilines is 1. The lowest BCUT2D eigenvalue weighted by molar-refractivity contribution is 0.0238. The number of ether oxygens (including phenoxy) is 1. The summed E-state index contributed by atoms with van der Waals surface area (Å²) >= 11 is 12.4. The van der Waals surface area contributed by atoms with E-state index in [1.54, 1.807) is 18.0 Å². The Bertz CT molecular complexity index is 880. The highest BCUT2D eigenvalue weighted by molar-refractivity contribution is 6.37. The third-order valence-electron chi connectivity index (χ3n) is 4.78. The summed E-state index contributed by atoms with van der Waals surface area (Å²) < 4.78 is 5.49. The molecule has 1 amide bonds. The Morgan fingerprint density at radius 2 is 2.00 bits per heavy atom. The Balaban J connectivity index is 1.81. The molecule has 1 unspecified atom stereocenters. The lowest BCUT2D eigenvalue weighted by Crippen LogP contribution is -2.42. The van der Waals surface area contributed by atoms with Crippen molar-refractivity contribution >= 4 is 45.9 Å². The van der Waals surface area contributed by atoms with Crippen molar-refractivity contribution in [3.63, 3.8) is 0 Å². The van der Waals surface area contributed by atoms with E-state index in [2.05, 4.69) is 22.9 Å². The van der Waals surface area contributed by atoms with Crippen molar-refractivity contribution in [1.29, 1.82) is 0 Å². The summed E-state index contributed by atoms with van der Waals surface area (Å²) in [5.41, 5.74) is 2.50. The van der Waals surface area contributed by atoms with Gasteiger partial charge in [-0.05, 0) is 57.9 Å². The van der Waals surface area contributed by atoms with Crippen LogP contribution in [0.1, 0.15) is 32.8 Å². The summed E-state index contributed by atoms with van der Waals surface area (Å²) in [6.07, 6.45) is 0.603. The van der Waals surface area contributed by atoms with Crippen LogP contribution < -0.4 is 4.90 Å². The Morgan fingerprint density at radius 1 is 1.30 bits per heavy atom. The number of carbonyl (C=O) groups is 1. The van der Waals surface area contributed by atoms with Gasteiger partial charge in [-0.1, -0.05) is 23.2 Å². The molecule has 0 spiro atoms. The highest BCUT2D eigenvalue weighted by Gasteiger charge is 2.31. The molecule has 1 fully saturated rings. The average Bonchev–Trinajstić information content (AvgIpc) is 3.01. The van der Waals surface area contributed by atoms with Crippen LogP contribution in [0.3, 0.4) is 0 Å². The van der Waals surface area contributed by atoms with E-state index in [0.29, 0.717) is 10.2 Å². The molecular weight excluding hydrogens is 385 g/mol. The molecule has 0 radical (unpaired) electrons. The number of likely N-dealkylation sites (N-methyl/N-ethyl adjacent to an activating group) is 1. The molecular formula is C20H25Cl2N3O2. The summed E-state index contributed by atoms with van der Waals surface area (Å²) in [7, 11) is 1.80. The van der Waals surface area contributed by atoms with Crippen LogP contribution >= 0.6 is 23.2 Å². The number of hydrogen-bond donors (Lipinski definition) is 0. The first-order valence-corrected chi connectivity index (χ1v) is 9.78. The highest BCUT2D eigenvalue weighted by atomic mass is 35.5. The maximum absolute atomic E-state index is 12.4. The minimum Gasteiger partial charge on any atom is -0.444 e. The van der Waals surface area contributed by atoms with Gasteiger partial charge in [-0.2, -0.15) is 0 Å². The maximum Gasteiger partial charge on any atom is 0.410 e. The van der Waals surface area contributed by atoms with Crippen LogP contribution in [0.2, 0.25) is 10.2 Å². The number of carbonyl (C=O) groups excluding carboxylic acids is 1. The Labute approximate surface area is 170 Å². The maximum atomic E-state index is 12.4. The van der Waals surface area contributed by atoms with Gasteiger partial charge >= 0.3 is 6.09 Å². The second-order valence-corrected chi connectivity index (χ2v) is 8.86. The van der Waals surface area contributed by atoms with Crippen molar-refractivity contribution in [1.82, 2.24) is 9.88 Å². The lowest BCUT2D eigenvalue weighted by atomic mass is 10.1. The first kappa shape index (κ1) is 20.0. The van der Waals surface area contributed by atoms with Gasteiger partial charge in [-0.15, -0.1) is 0 Å². The number of aromatic nitrogens is 1. The molecule has 2 aromatic rings. The zero-order valence-corrected chi connectivity index (χ0v) is 17.9. The van der Waals surface area contributed by atoms with Crippen LogP contribution in [0.25, 0.3) is 10.9 Å². The summed E-state index contributed by atoms with van der Waals surface area (Å²) in [4.78, 5) is 20.7. The SMILES string of the molecule is Cc1cc2nc(Cl)cc(Cl)c2cc1N1CCC(N(C)C(=O)OC(C)(C)C)C1. The molecule has 5 nitrogen and oxygen atoms in total. The number of rotatable bonds is 2. The Hall–Kier alpha value is -1.72. The van der Waals surface area contributed by atoms with Crippen molar-refractivity contribution in [2.24, 2.45) is 0 Å². The quantitative estimate of drug-likeness (QED) is 0.631. The monoisotopic (exact) mass is 409 g/mol. The van der Waals surface area contributed by atoms with Crippen molar-refractivity contribution in [3.8, 4) is 0 Å². The minimum absolute atomic E-state index is 0.105. The van der Waals surface area contributed by atoms with Gasteiger partial charge in [-0.3, -0.25) is 0 Å². The van der Waals surface area contributed by atoms with Gasteiger partial charge in [0, 0.05) is 31.2 Å². The van der Waals surface area contributed by atoms with E-state index in [-0.39, 0.29) is 12.1 Å². The summed E-state index contributed by atoms with van der Waals surface area (Å²) in [6.45, 7) is 9.30. The number of aryl methyl sites for hydroxylation is 1. The number of fused-ring (bicyclic) bond motifs is 1. The fraction of sp³-hybridized carbons (Fsp3) is 0.500. The molecule has 1 aliphatic heterocycles. The molecule has 0 aliphatic carbocycles. The molecule has 3 rings (SSSR count).